The van der Waals surface area contributed by atoms with Crippen molar-refractivity contribution in [3.63, 3.8) is 0 Å². The fourth-order valence-corrected chi connectivity index (χ4v) is 1.58. The van der Waals surface area contributed by atoms with Crippen LogP contribution in [0.5, 0.6) is 0 Å². The number of carbonyl (C=O) groups excluding carboxylic acids is 1. The van der Waals surface area contributed by atoms with Gasteiger partial charge in [-0.05, 0) is 25.1 Å². The van der Waals surface area contributed by atoms with E-state index < -0.39 is 11.7 Å². The molecule has 0 atom stereocenters. The lowest BCUT2D eigenvalue weighted by atomic mass is 10.2. The van der Waals surface area contributed by atoms with Crippen LogP contribution < -0.4 is 5.32 Å². The van der Waals surface area contributed by atoms with Gasteiger partial charge < -0.3 is 10.2 Å². The molecular formula is C12H14ClF3N2O. The van der Waals surface area contributed by atoms with E-state index in [-0.39, 0.29) is 23.2 Å². The van der Waals surface area contributed by atoms with Gasteiger partial charge in [-0.2, -0.15) is 13.2 Å². The fraction of sp³-hybridized carbons (Fsp3) is 0.417. The van der Waals surface area contributed by atoms with Crippen LogP contribution in [-0.2, 0) is 11.0 Å². The Balaban J connectivity index is 2.80. The second-order valence-electron chi connectivity index (χ2n) is 3.99. The maximum Gasteiger partial charge on any atom is 0.416 e. The molecule has 7 heteroatoms. The van der Waals surface area contributed by atoms with Crippen LogP contribution in [0.1, 0.15) is 12.5 Å². The van der Waals surface area contributed by atoms with Gasteiger partial charge in [-0.1, -0.05) is 11.6 Å². The molecule has 0 spiro atoms. The van der Waals surface area contributed by atoms with Crippen molar-refractivity contribution in [3.05, 3.63) is 28.8 Å². The Morgan fingerprint density at radius 3 is 2.53 bits per heavy atom. The molecule has 1 rings (SSSR count). The van der Waals surface area contributed by atoms with Crippen LogP contribution >= 0.6 is 11.6 Å². The van der Waals surface area contributed by atoms with Crippen LogP contribution in [0.4, 0.5) is 18.9 Å². The minimum absolute atomic E-state index is 0.0337. The number of halogens is 4. The van der Waals surface area contributed by atoms with Crippen LogP contribution in [-0.4, -0.2) is 30.9 Å². The Morgan fingerprint density at radius 1 is 1.37 bits per heavy atom. The van der Waals surface area contributed by atoms with E-state index in [0.717, 1.165) is 12.1 Å². The van der Waals surface area contributed by atoms with Crippen molar-refractivity contribution in [2.75, 3.05) is 25.5 Å². The van der Waals surface area contributed by atoms with E-state index >= 15 is 0 Å². The highest BCUT2D eigenvalue weighted by molar-refractivity contribution is 6.30. The number of rotatable bonds is 4. The summed E-state index contributed by atoms with van der Waals surface area (Å²) in [5, 5.41) is 2.60. The van der Waals surface area contributed by atoms with Gasteiger partial charge >= 0.3 is 6.18 Å². The van der Waals surface area contributed by atoms with Gasteiger partial charge in [0.2, 0.25) is 5.91 Å². The molecule has 0 radical (unpaired) electrons. The van der Waals surface area contributed by atoms with Crippen molar-refractivity contribution in [1.29, 1.82) is 0 Å². The number of benzene rings is 1. The number of amides is 1. The van der Waals surface area contributed by atoms with E-state index in [1.54, 1.807) is 14.0 Å². The number of likely N-dealkylation sites (N-methyl/N-ethyl adjacent to an activating group) is 1. The molecule has 0 saturated carbocycles. The second kappa shape index (κ2) is 6.14. The first kappa shape index (κ1) is 15.6. The van der Waals surface area contributed by atoms with Gasteiger partial charge in [-0.25, -0.2) is 0 Å². The zero-order chi connectivity index (χ0) is 14.6. The SMILES string of the molecule is CCN(C)C(=O)CNc1cc(Cl)cc(C(F)(F)F)c1. The lowest BCUT2D eigenvalue weighted by Crippen LogP contribution is -2.31. The molecule has 0 aliphatic carbocycles. The standard InChI is InChI=1S/C12H14ClF3N2O/c1-3-18(2)11(19)7-17-10-5-8(12(14,15)16)4-9(13)6-10/h4-6,17H,3,7H2,1-2H3. The molecule has 0 fully saturated rings. The molecular weight excluding hydrogens is 281 g/mol. The lowest BCUT2D eigenvalue weighted by molar-refractivity contribution is -0.137. The van der Waals surface area contributed by atoms with Gasteiger partial charge in [0.05, 0.1) is 12.1 Å². The summed E-state index contributed by atoms with van der Waals surface area (Å²) in [5.74, 6) is -0.212. The molecule has 0 saturated heterocycles. The predicted molar refractivity (Wildman–Crippen MR) is 68.3 cm³/mol. The molecule has 0 heterocycles. The number of hydrogen-bond donors (Lipinski definition) is 1. The molecule has 1 N–H and O–H groups in total. The zero-order valence-electron chi connectivity index (χ0n) is 10.5. The summed E-state index contributed by atoms with van der Waals surface area (Å²) >= 11 is 5.63. The first-order chi connectivity index (χ1) is 8.74. The fourth-order valence-electron chi connectivity index (χ4n) is 1.34. The first-order valence-electron chi connectivity index (χ1n) is 5.59. The highest BCUT2D eigenvalue weighted by Crippen LogP contribution is 2.33. The van der Waals surface area contributed by atoms with Crippen molar-refractivity contribution < 1.29 is 18.0 Å². The van der Waals surface area contributed by atoms with Crippen LogP contribution in [0, 0.1) is 0 Å². The molecule has 0 aliphatic rings. The van der Waals surface area contributed by atoms with E-state index in [9.17, 15) is 18.0 Å². The van der Waals surface area contributed by atoms with E-state index in [1.165, 1.54) is 11.0 Å². The third kappa shape index (κ3) is 4.63. The summed E-state index contributed by atoms with van der Waals surface area (Å²) in [6.45, 7) is 2.25. The van der Waals surface area contributed by atoms with Crippen molar-refractivity contribution in [1.82, 2.24) is 4.90 Å². The molecule has 0 aliphatic heterocycles. The third-order valence-corrected chi connectivity index (χ3v) is 2.79. The van der Waals surface area contributed by atoms with Gasteiger partial charge in [0.1, 0.15) is 0 Å². The molecule has 106 valence electrons. The number of alkyl halides is 3. The Labute approximate surface area is 114 Å². The van der Waals surface area contributed by atoms with Gasteiger partial charge in [0.25, 0.3) is 0 Å². The van der Waals surface area contributed by atoms with Gasteiger partial charge in [0.15, 0.2) is 0 Å². The summed E-state index contributed by atoms with van der Waals surface area (Å²) in [7, 11) is 1.61. The third-order valence-electron chi connectivity index (χ3n) is 2.57. The second-order valence-corrected chi connectivity index (χ2v) is 4.42. The van der Waals surface area contributed by atoms with Gasteiger partial charge in [0, 0.05) is 24.3 Å². The monoisotopic (exact) mass is 294 g/mol. The Hall–Kier alpha value is -1.43. The highest BCUT2D eigenvalue weighted by atomic mass is 35.5. The zero-order valence-corrected chi connectivity index (χ0v) is 11.3. The summed E-state index contributed by atoms with van der Waals surface area (Å²) in [6.07, 6.45) is -4.47. The van der Waals surface area contributed by atoms with Crippen LogP contribution in [0.25, 0.3) is 0 Å². The summed E-state index contributed by atoms with van der Waals surface area (Å²) in [6, 6.07) is 3.11. The highest BCUT2D eigenvalue weighted by Gasteiger charge is 2.31. The van der Waals surface area contributed by atoms with E-state index in [4.69, 9.17) is 11.6 Å². The Morgan fingerprint density at radius 2 is 2.00 bits per heavy atom. The van der Waals surface area contributed by atoms with Crippen LogP contribution in [0.3, 0.4) is 0 Å². The van der Waals surface area contributed by atoms with E-state index in [2.05, 4.69) is 5.32 Å². The molecule has 3 nitrogen and oxygen atoms in total. The molecule has 19 heavy (non-hydrogen) atoms. The average Bonchev–Trinajstić information content (AvgIpc) is 2.33. The topological polar surface area (TPSA) is 32.3 Å². The van der Waals surface area contributed by atoms with Crippen molar-refractivity contribution in [2.45, 2.75) is 13.1 Å². The molecule has 0 bridgehead atoms. The van der Waals surface area contributed by atoms with Crippen molar-refractivity contribution in [2.24, 2.45) is 0 Å². The number of nitrogens with one attached hydrogen (secondary N) is 1. The van der Waals surface area contributed by atoms with Crippen molar-refractivity contribution >= 4 is 23.2 Å². The average molecular weight is 295 g/mol. The molecule has 1 aromatic rings. The molecule has 0 unspecified atom stereocenters. The maximum absolute atomic E-state index is 12.6. The van der Waals surface area contributed by atoms with E-state index in [1.807, 2.05) is 0 Å². The van der Waals surface area contributed by atoms with Gasteiger partial charge in [-0.3, -0.25) is 4.79 Å². The number of hydrogen-bond acceptors (Lipinski definition) is 2. The van der Waals surface area contributed by atoms with Crippen LogP contribution in [0.15, 0.2) is 18.2 Å². The molecule has 0 aromatic heterocycles. The summed E-state index contributed by atoms with van der Waals surface area (Å²) < 4.78 is 37.7. The summed E-state index contributed by atoms with van der Waals surface area (Å²) in [5.41, 5.74) is -0.684. The predicted octanol–water partition coefficient (Wildman–Crippen LogP) is 3.25. The normalized spacial score (nSPS) is 11.3. The first-order valence-corrected chi connectivity index (χ1v) is 5.97. The lowest BCUT2D eigenvalue weighted by Gasteiger charge is -2.16. The number of nitrogens with zero attached hydrogens (tertiary/aromatic N) is 1. The summed E-state index contributed by atoms with van der Waals surface area (Å²) in [4.78, 5) is 13.0. The van der Waals surface area contributed by atoms with E-state index in [0.29, 0.717) is 6.54 Å². The number of anilines is 1. The number of carbonyl (C=O) groups is 1. The molecule has 1 aromatic carbocycles. The minimum Gasteiger partial charge on any atom is -0.376 e. The van der Waals surface area contributed by atoms with Crippen LogP contribution in [0.2, 0.25) is 5.02 Å². The smallest absolute Gasteiger partial charge is 0.376 e. The Bertz CT molecular complexity index is 463. The van der Waals surface area contributed by atoms with Gasteiger partial charge in [-0.15, -0.1) is 0 Å². The maximum atomic E-state index is 12.6. The Kier molecular flexibility index (Phi) is 5.05. The minimum atomic E-state index is -4.47. The largest absolute Gasteiger partial charge is 0.416 e. The van der Waals surface area contributed by atoms with Crippen molar-refractivity contribution in [3.8, 4) is 0 Å². The molecule has 1 amide bonds. The quantitative estimate of drug-likeness (QED) is 0.924.